The minimum Gasteiger partial charge on any atom is -0.288 e. The number of amides is 1. The Kier molecular flexibility index (Phi) is 5.94. The summed E-state index contributed by atoms with van der Waals surface area (Å²) >= 11 is 12.2. The molecule has 3 aromatic heterocycles. The molecule has 0 saturated heterocycles. The first-order valence-corrected chi connectivity index (χ1v) is 10.1. The first-order chi connectivity index (χ1) is 15.9. The second-order valence-electron chi connectivity index (χ2n) is 7.07. The van der Waals surface area contributed by atoms with E-state index < -0.39 is 29.4 Å². The summed E-state index contributed by atoms with van der Waals surface area (Å²) in [6.07, 6.45) is -4.59. The molecule has 1 amide bonds. The number of alkyl halides is 5. The Morgan fingerprint density at radius 1 is 1.09 bits per heavy atom. The number of aromatic nitrogens is 6. The second kappa shape index (κ2) is 8.47. The minimum atomic E-state index is -5.87. The van der Waals surface area contributed by atoms with Crippen molar-refractivity contribution in [2.75, 3.05) is 5.32 Å². The summed E-state index contributed by atoms with van der Waals surface area (Å²) in [5, 5.41) is 10.7. The molecule has 8 nitrogen and oxygen atoms in total. The molecule has 0 aliphatic heterocycles. The molecule has 0 aliphatic rings. The van der Waals surface area contributed by atoms with E-state index in [0.717, 1.165) is 6.07 Å². The molecule has 4 aromatic rings. The van der Waals surface area contributed by atoms with Crippen LogP contribution in [0.3, 0.4) is 0 Å². The van der Waals surface area contributed by atoms with Gasteiger partial charge in [0.1, 0.15) is 12.0 Å². The topological polar surface area (TPSA) is 90.0 Å². The molecule has 1 aromatic carbocycles. The molecule has 15 heteroatoms. The molecule has 0 aliphatic carbocycles. The van der Waals surface area contributed by atoms with Crippen molar-refractivity contribution >= 4 is 40.7 Å². The largest absolute Gasteiger partial charge is 0.459 e. The van der Waals surface area contributed by atoms with Crippen LogP contribution >= 0.6 is 23.2 Å². The summed E-state index contributed by atoms with van der Waals surface area (Å²) in [7, 11) is 0. The maximum Gasteiger partial charge on any atom is 0.459 e. The van der Waals surface area contributed by atoms with Gasteiger partial charge in [0.15, 0.2) is 11.3 Å². The maximum atomic E-state index is 14.0. The highest BCUT2D eigenvalue weighted by atomic mass is 35.5. The van der Waals surface area contributed by atoms with Crippen LogP contribution in [0.15, 0.2) is 36.7 Å². The quantitative estimate of drug-likeness (QED) is 0.379. The lowest BCUT2D eigenvalue weighted by Crippen LogP contribution is -2.36. The fourth-order valence-corrected chi connectivity index (χ4v) is 3.54. The summed E-state index contributed by atoms with van der Waals surface area (Å²) in [5.74, 6) is -6.34. The SMILES string of the molecule is Cc1cc(C(F)(F)C(F)(F)F)n2nc(C(=O)Nc3ncn(Cc4c(Cl)cccc4Cl)n3)cc2n1. The van der Waals surface area contributed by atoms with E-state index in [9.17, 15) is 26.7 Å². The molecule has 0 fully saturated rings. The molecule has 0 unspecified atom stereocenters. The zero-order valence-corrected chi connectivity index (χ0v) is 18.4. The van der Waals surface area contributed by atoms with E-state index in [4.69, 9.17) is 23.2 Å². The van der Waals surface area contributed by atoms with Crippen molar-refractivity contribution in [3.63, 3.8) is 0 Å². The summed E-state index contributed by atoms with van der Waals surface area (Å²) in [6.45, 7) is 1.37. The van der Waals surface area contributed by atoms with Crippen LogP contribution in [0.1, 0.15) is 27.4 Å². The third kappa shape index (κ3) is 4.40. The van der Waals surface area contributed by atoms with Crippen molar-refractivity contribution in [2.45, 2.75) is 25.6 Å². The highest BCUT2D eigenvalue weighted by Gasteiger charge is 2.60. The normalized spacial score (nSPS) is 12.4. The number of fused-ring (bicyclic) bond motifs is 1. The predicted molar refractivity (Wildman–Crippen MR) is 111 cm³/mol. The molecule has 0 bridgehead atoms. The molecule has 4 rings (SSSR count). The van der Waals surface area contributed by atoms with Crippen molar-refractivity contribution in [1.82, 2.24) is 29.4 Å². The number of benzene rings is 1. The number of hydrogen-bond donors (Lipinski definition) is 1. The third-order valence-electron chi connectivity index (χ3n) is 4.61. The highest BCUT2D eigenvalue weighted by molar-refractivity contribution is 6.35. The van der Waals surface area contributed by atoms with E-state index in [0.29, 0.717) is 21.7 Å². The van der Waals surface area contributed by atoms with Gasteiger partial charge in [0.2, 0.25) is 5.95 Å². The summed E-state index contributed by atoms with van der Waals surface area (Å²) in [5.41, 5.74) is -1.86. The molecule has 0 radical (unpaired) electrons. The Hall–Kier alpha value is -3.32. The van der Waals surface area contributed by atoms with E-state index in [1.54, 1.807) is 18.2 Å². The van der Waals surface area contributed by atoms with Crippen molar-refractivity contribution in [3.05, 3.63) is 69.3 Å². The monoisotopic (exact) mass is 519 g/mol. The fourth-order valence-electron chi connectivity index (χ4n) is 3.02. The van der Waals surface area contributed by atoms with E-state index in [-0.39, 0.29) is 28.3 Å². The first kappa shape index (κ1) is 23.8. The molecule has 178 valence electrons. The Morgan fingerprint density at radius 2 is 1.76 bits per heavy atom. The van der Waals surface area contributed by atoms with Crippen LogP contribution in [-0.2, 0) is 12.5 Å². The zero-order valence-electron chi connectivity index (χ0n) is 16.9. The number of halogens is 7. The van der Waals surface area contributed by atoms with Crippen molar-refractivity contribution in [3.8, 4) is 0 Å². The Labute approximate surface area is 197 Å². The lowest BCUT2D eigenvalue weighted by Gasteiger charge is -2.20. The number of carbonyl (C=O) groups is 1. The standard InChI is InChI=1S/C19H12Cl2F5N7O/c1-9-5-14(18(22,23)19(24,25)26)33-15(28-9)6-13(30-33)16(34)29-17-27-8-32(31-17)7-10-11(20)3-2-4-12(10)21/h2-6,8H,7H2,1H3,(H,29,31,34). The van der Waals surface area contributed by atoms with Crippen molar-refractivity contribution in [1.29, 1.82) is 0 Å². The molecule has 3 heterocycles. The van der Waals surface area contributed by atoms with Gasteiger partial charge in [-0.25, -0.2) is 19.2 Å². The van der Waals surface area contributed by atoms with Gasteiger partial charge in [-0.3, -0.25) is 10.1 Å². The van der Waals surface area contributed by atoms with Gasteiger partial charge in [0, 0.05) is 27.4 Å². The number of hydrogen-bond acceptors (Lipinski definition) is 5. The summed E-state index contributed by atoms with van der Waals surface area (Å²) in [4.78, 5) is 20.3. The van der Waals surface area contributed by atoms with Gasteiger partial charge in [0.05, 0.1) is 6.54 Å². The average molecular weight is 520 g/mol. The lowest BCUT2D eigenvalue weighted by atomic mass is 10.2. The van der Waals surface area contributed by atoms with Crippen molar-refractivity contribution in [2.24, 2.45) is 0 Å². The molecular weight excluding hydrogens is 508 g/mol. The number of nitrogens with zero attached hydrogens (tertiary/aromatic N) is 6. The summed E-state index contributed by atoms with van der Waals surface area (Å²) in [6, 6.07) is 6.47. The van der Waals surface area contributed by atoms with Gasteiger partial charge in [-0.2, -0.15) is 27.1 Å². The van der Waals surface area contributed by atoms with E-state index in [1.165, 1.54) is 17.9 Å². The van der Waals surface area contributed by atoms with Crippen LogP contribution in [0.2, 0.25) is 10.0 Å². The van der Waals surface area contributed by atoms with Crippen LogP contribution < -0.4 is 5.32 Å². The van der Waals surface area contributed by atoms with Gasteiger partial charge < -0.3 is 0 Å². The number of carbonyl (C=O) groups excluding carboxylic acids is 1. The smallest absolute Gasteiger partial charge is 0.288 e. The van der Waals surface area contributed by atoms with Gasteiger partial charge in [-0.05, 0) is 25.1 Å². The van der Waals surface area contributed by atoms with Crippen LogP contribution in [0.4, 0.5) is 27.9 Å². The van der Waals surface area contributed by atoms with E-state index in [1.807, 2.05) is 0 Å². The van der Waals surface area contributed by atoms with Gasteiger partial charge in [-0.15, -0.1) is 5.10 Å². The molecule has 0 spiro atoms. The number of aryl methyl sites for hydroxylation is 1. The second-order valence-corrected chi connectivity index (χ2v) is 7.89. The minimum absolute atomic E-state index is 0.114. The van der Waals surface area contributed by atoms with Crippen LogP contribution in [0, 0.1) is 6.92 Å². The van der Waals surface area contributed by atoms with Crippen LogP contribution in [0.25, 0.3) is 5.65 Å². The predicted octanol–water partition coefficient (Wildman–Crippen LogP) is 4.89. The molecule has 0 saturated carbocycles. The van der Waals surface area contributed by atoms with E-state index in [2.05, 4.69) is 25.5 Å². The van der Waals surface area contributed by atoms with Crippen LogP contribution in [-0.4, -0.2) is 41.4 Å². The van der Waals surface area contributed by atoms with Gasteiger partial charge in [0.25, 0.3) is 5.91 Å². The number of rotatable bonds is 5. The lowest BCUT2D eigenvalue weighted by molar-refractivity contribution is -0.291. The molecular formula is C19H12Cl2F5N7O. The van der Waals surface area contributed by atoms with E-state index >= 15 is 0 Å². The van der Waals surface area contributed by atoms with Crippen molar-refractivity contribution < 1.29 is 26.7 Å². The van der Waals surface area contributed by atoms with Gasteiger partial charge in [-0.1, -0.05) is 29.3 Å². The van der Waals surface area contributed by atoms with Crippen LogP contribution in [0.5, 0.6) is 0 Å². The number of nitrogens with one attached hydrogen (secondary N) is 1. The summed E-state index contributed by atoms with van der Waals surface area (Å²) < 4.78 is 68.4. The Balaban J connectivity index is 1.59. The highest BCUT2D eigenvalue weighted by Crippen LogP contribution is 2.43. The molecule has 0 atom stereocenters. The maximum absolute atomic E-state index is 14.0. The molecule has 34 heavy (non-hydrogen) atoms. The average Bonchev–Trinajstić information content (AvgIpc) is 3.36. The Bertz CT molecular complexity index is 1380. The Morgan fingerprint density at radius 3 is 2.41 bits per heavy atom. The zero-order chi connectivity index (χ0) is 24.8. The number of anilines is 1. The first-order valence-electron chi connectivity index (χ1n) is 9.33. The molecule has 1 N–H and O–H groups in total. The fraction of sp³-hybridized carbons (Fsp3) is 0.211. The van der Waals surface area contributed by atoms with Gasteiger partial charge >= 0.3 is 12.1 Å². The third-order valence-corrected chi connectivity index (χ3v) is 5.32.